The summed E-state index contributed by atoms with van der Waals surface area (Å²) in [5.74, 6) is 0.327. The molecular weight excluding hydrogens is 372 g/mol. The van der Waals surface area contributed by atoms with Crippen LogP contribution in [0.3, 0.4) is 0 Å². The number of aryl methyl sites for hydroxylation is 1. The molecule has 2 aromatic rings. The zero-order valence-electron chi connectivity index (χ0n) is 17.7. The van der Waals surface area contributed by atoms with Crippen LogP contribution in [0.2, 0.25) is 0 Å². The van der Waals surface area contributed by atoms with Gasteiger partial charge >= 0.3 is 0 Å². The quantitative estimate of drug-likeness (QED) is 0.701. The van der Waals surface area contributed by atoms with E-state index in [2.05, 4.69) is 36.1 Å². The van der Waals surface area contributed by atoms with Crippen LogP contribution in [0.1, 0.15) is 48.4 Å². The van der Waals surface area contributed by atoms with Gasteiger partial charge in [0.1, 0.15) is 0 Å². The number of hydrogen-bond donors (Lipinski definition) is 0. The van der Waals surface area contributed by atoms with Crippen molar-refractivity contribution < 1.29 is 9.59 Å². The van der Waals surface area contributed by atoms with Gasteiger partial charge in [0, 0.05) is 31.6 Å². The number of carbonyl (C=O) groups is 2. The lowest BCUT2D eigenvalue weighted by atomic mass is 9.93. The summed E-state index contributed by atoms with van der Waals surface area (Å²) >= 11 is 0. The fraction of sp³-hybridized carbons (Fsp3) is 0.385. The topological polar surface area (TPSA) is 40.6 Å². The van der Waals surface area contributed by atoms with E-state index in [9.17, 15) is 9.59 Å². The molecule has 0 spiro atoms. The monoisotopic (exact) mass is 402 g/mol. The third-order valence-electron chi connectivity index (χ3n) is 6.46. The molecule has 2 heterocycles. The molecule has 0 bridgehead atoms. The Balaban J connectivity index is 1.34. The maximum absolute atomic E-state index is 13.3. The Labute approximate surface area is 179 Å². The van der Waals surface area contributed by atoms with Gasteiger partial charge in [0.15, 0.2) is 0 Å². The van der Waals surface area contributed by atoms with Crippen LogP contribution in [-0.4, -0.2) is 41.2 Å². The molecule has 1 unspecified atom stereocenters. The van der Waals surface area contributed by atoms with Gasteiger partial charge in [0.2, 0.25) is 11.8 Å². The summed E-state index contributed by atoms with van der Waals surface area (Å²) in [7, 11) is 0. The molecule has 0 aliphatic carbocycles. The maximum atomic E-state index is 13.3. The Morgan fingerprint density at radius 2 is 1.60 bits per heavy atom. The first-order valence-corrected chi connectivity index (χ1v) is 11.0. The van der Waals surface area contributed by atoms with E-state index in [1.165, 1.54) is 11.1 Å². The second-order valence-electron chi connectivity index (χ2n) is 8.39. The lowest BCUT2D eigenvalue weighted by Gasteiger charge is -2.35. The van der Waals surface area contributed by atoms with Crippen LogP contribution >= 0.6 is 0 Å². The minimum Gasteiger partial charge on any atom is -0.339 e. The van der Waals surface area contributed by atoms with Crippen molar-refractivity contribution in [2.24, 2.45) is 5.92 Å². The van der Waals surface area contributed by atoms with Crippen molar-refractivity contribution in [2.45, 2.75) is 38.6 Å². The molecule has 2 aliphatic rings. The number of carbonyl (C=O) groups excluding carboxylic acids is 2. The smallest absolute Gasteiger partial charge is 0.246 e. The van der Waals surface area contributed by atoms with Gasteiger partial charge in [-0.15, -0.1) is 0 Å². The van der Waals surface area contributed by atoms with E-state index in [-0.39, 0.29) is 23.8 Å². The molecule has 0 saturated carbocycles. The maximum Gasteiger partial charge on any atom is 0.246 e. The summed E-state index contributed by atoms with van der Waals surface area (Å²) < 4.78 is 0. The summed E-state index contributed by atoms with van der Waals surface area (Å²) in [6.45, 7) is 4.27. The highest BCUT2D eigenvalue weighted by Gasteiger charge is 2.36. The number of nitrogens with zero attached hydrogens (tertiary/aromatic N) is 2. The van der Waals surface area contributed by atoms with Gasteiger partial charge in [0.05, 0.1) is 6.04 Å². The van der Waals surface area contributed by atoms with Gasteiger partial charge in [-0.25, -0.2) is 0 Å². The van der Waals surface area contributed by atoms with Crippen LogP contribution in [0.4, 0.5) is 0 Å². The summed E-state index contributed by atoms with van der Waals surface area (Å²) in [5.41, 5.74) is 3.56. The second-order valence-corrected chi connectivity index (χ2v) is 8.39. The van der Waals surface area contributed by atoms with Crippen molar-refractivity contribution in [1.82, 2.24) is 9.80 Å². The average molecular weight is 403 g/mol. The van der Waals surface area contributed by atoms with Crippen molar-refractivity contribution in [3.8, 4) is 0 Å². The first kappa shape index (κ1) is 20.4. The van der Waals surface area contributed by atoms with E-state index in [4.69, 9.17) is 0 Å². The molecule has 156 valence electrons. The standard InChI is InChI=1S/C26H30N2O2/c1-20-8-5-6-11-23(20)24-12-7-17-28(24)26(30)22-15-18-27(19-16-22)25(29)14-13-21-9-3-2-4-10-21/h2-6,8-11,13-14,22,24H,7,12,15-19H2,1H3. The predicted molar refractivity (Wildman–Crippen MR) is 120 cm³/mol. The minimum absolute atomic E-state index is 0.0248. The van der Waals surface area contributed by atoms with E-state index in [1.54, 1.807) is 6.08 Å². The second kappa shape index (κ2) is 9.29. The number of benzene rings is 2. The molecule has 2 amide bonds. The van der Waals surface area contributed by atoms with E-state index < -0.39 is 0 Å². The molecule has 0 N–H and O–H groups in total. The first-order valence-electron chi connectivity index (χ1n) is 11.0. The number of hydrogen-bond acceptors (Lipinski definition) is 2. The largest absolute Gasteiger partial charge is 0.339 e. The SMILES string of the molecule is Cc1ccccc1C1CCCN1C(=O)C1CCN(C(=O)C=Cc2ccccc2)CC1. The molecule has 4 rings (SSSR count). The molecule has 2 fully saturated rings. The number of piperidine rings is 1. The van der Waals surface area contributed by atoms with Gasteiger partial charge in [0.25, 0.3) is 0 Å². The van der Waals surface area contributed by atoms with E-state index in [0.717, 1.165) is 37.8 Å². The summed E-state index contributed by atoms with van der Waals surface area (Å²) in [6, 6.07) is 18.5. The van der Waals surface area contributed by atoms with Crippen molar-refractivity contribution in [2.75, 3.05) is 19.6 Å². The summed E-state index contributed by atoms with van der Waals surface area (Å²) in [5, 5.41) is 0. The lowest BCUT2D eigenvalue weighted by molar-refractivity contribution is -0.140. The Kier molecular flexibility index (Phi) is 6.32. The van der Waals surface area contributed by atoms with E-state index >= 15 is 0 Å². The predicted octanol–water partition coefficient (Wildman–Crippen LogP) is 4.61. The van der Waals surface area contributed by atoms with Gasteiger partial charge in [-0.3, -0.25) is 9.59 Å². The molecule has 2 aromatic carbocycles. The Morgan fingerprint density at radius 1 is 0.900 bits per heavy atom. The van der Waals surface area contributed by atoms with Crippen LogP contribution in [0.5, 0.6) is 0 Å². The number of likely N-dealkylation sites (tertiary alicyclic amines) is 2. The van der Waals surface area contributed by atoms with Gasteiger partial charge in [-0.1, -0.05) is 54.6 Å². The molecule has 4 heteroatoms. The minimum atomic E-state index is 0.0248. The van der Waals surface area contributed by atoms with Crippen LogP contribution in [0.25, 0.3) is 6.08 Å². The molecule has 2 saturated heterocycles. The number of amides is 2. The van der Waals surface area contributed by atoms with Crippen LogP contribution in [-0.2, 0) is 9.59 Å². The summed E-state index contributed by atoms with van der Waals surface area (Å²) in [4.78, 5) is 29.8. The van der Waals surface area contributed by atoms with Crippen molar-refractivity contribution in [3.05, 3.63) is 77.4 Å². The molecule has 30 heavy (non-hydrogen) atoms. The van der Waals surface area contributed by atoms with Gasteiger partial charge < -0.3 is 9.80 Å². The Hall–Kier alpha value is -2.88. The van der Waals surface area contributed by atoms with Crippen LogP contribution in [0, 0.1) is 12.8 Å². The van der Waals surface area contributed by atoms with Crippen molar-refractivity contribution in [1.29, 1.82) is 0 Å². The fourth-order valence-corrected chi connectivity index (χ4v) is 4.73. The van der Waals surface area contributed by atoms with Crippen molar-refractivity contribution in [3.63, 3.8) is 0 Å². The molecule has 0 aromatic heterocycles. The zero-order chi connectivity index (χ0) is 20.9. The van der Waals surface area contributed by atoms with Crippen molar-refractivity contribution >= 4 is 17.9 Å². The normalized spacial score (nSPS) is 20.1. The molecule has 0 radical (unpaired) electrons. The first-order chi connectivity index (χ1) is 14.6. The van der Waals surface area contributed by atoms with Gasteiger partial charge in [-0.2, -0.15) is 0 Å². The Bertz CT molecular complexity index is 914. The third kappa shape index (κ3) is 4.48. The summed E-state index contributed by atoms with van der Waals surface area (Å²) in [6.07, 6.45) is 7.11. The fourth-order valence-electron chi connectivity index (χ4n) is 4.73. The number of rotatable bonds is 4. The molecule has 1 atom stereocenters. The molecular formula is C26H30N2O2. The lowest BCUT2D eigenvalue weighted by Crippen LogP contribution is -2.44. The van der Waals surface area contributed by atoms with Crippen LogP contribution in [0.15, 0.2) is 60.7 Å². The Morgan fingerprint density at radius 3 is 2.33 bits per heavy atom. The highest BCUT2D eigenvalue weighted by Crippen LogP contribution is 2.36. The van der Waals surface area contributed by atoms with E-state index in [1.807, 2.05) is 41.3 Å². The van der Waals surface area contributed by atoms with Gasteiger partial charge in [-0.05, 0) is 55.4 Å². The molecule has 4 nitrogen and oxygen atoms in total. The third-order valence-corrected chi connectivity index (χ3v) is 6.46. The average Bonchev–Trinajstić information content (AvgIpc) is 3.28. The molecule has 2 aliphatic heterocycles. The van der Waals surface area contributed by atoms with E-state index in [0.29, 0.717) is 13.1 Å². The highest BCUT2D eigenvalue weighted by atomic mass is 16.2. The van der Waals surface area contributed by atoms with Crippen LogP contribution < -0.4 is 0 Å². The highest BCUT2D eigenvalue weighted by molar-refractivity contribution is 5.92. The zero-order valence-corrected chi connectivity index (χ0v) is 17.7.